The number of esters is 1. The molecule has 0 fully saturated rings. The number of hydrogen-bond acceptors (Lipinski definition) is 3. The standard InChI is InChI=1S/C8H12O4.Na.H/c1-6(2)8(11)12-5-3-4-7(9)10;;/h1,3-5H2,2H3,(H,9,10);;/q;+1;-1. The molecule has 0 radical (unpaired) electrons. The van der Waals surface area contributed by atoms with Crippen molar-refractivity contribution in [1.82, 2.24) is 0 Å². The van der Waals surface area contributed by atoms with Gasteiger partial charge in [0.15, 0.2) is 0 Å². The fraction of sp³-hybridized carbons (Fsp3) is 0.500. The van der Waals surface area contributed by atoms with Crippen LogP contribution in [0.25, 0.3) is 0 Å². The van der Waals surface area contributed by atoms with Gasteiger partial charge in [-0.3, -0.25) is 4.79 Å². The van der Waals surface area contributed by atoms with Gasteiger partial charge in [-0.05, 0) is 13.3 Å². The van der Waals surface area contributed by atoms with E-state index in [-0.39, 0.29) is 44.0 Å². The molecule has 13 heavy (non-hydrogen) atoms. The molecule has 0 aliphatic heterocycles. The summed E-state index contributed by atoms with van der Waals surface area (Å²) >= 11 is 0. The van der Waals surface area contributed by atoms with Crippen LogP contribution in [-0.2, 0) is 14.3 Å². The molecule has 0 aromatic rings. The van der Waals surface area contributed by atoms with E-state index >= 15 is 0 Å². The Morgan fingerprint density at radius 2 is 2.08 bits per heavy atom. The zero-order chi connectivity index (χ0) is 9.56. The zero-order valence-corrected chi connectivity index (χ0v) is 10.0. The molecule has 5 heteroatoms. The van der Waals surface area contributed by atoms with Gasteiger partial charge in [0.1, 0.15) is 0 Å². The third-order valence-electron chi connectivity index (χ3n) is 1.12. The summed E-state index contributed by atoms with van der Waals surface area (Å²) in [6, 6.07) is 0. The summed E-state index contributed by atoms with van der Waals surface area (Å²) in [5, 5.41) is 8.23. The molecule has 0 bridgehead atoms. The Kier molecular flexibility index (Phi) is 9.67. The monoisotopic (exact) mass is 196 g/mol. The molecule has 1 N–H and O–H groups in total. The van der Waals surface area contributed by atoms with Crippen LogP contribution in [0, 0.1) is 0 Å². The topological polar surface area (TPSA) is 63.6 Å². The molecular formula is C8H13NaO4. The van der Waals surface area contributed by atoms with Crippen molar-refractivity contribution in [2.75, 3.05) is 6.61 Å². The van der Waals surface area contributed by atoms with Gasteiger partial charge in [0, 0.05) is 12.0 Å². The van der Waals surface area contributed by atoms with Crippen LogP contribution in [0.3, 0.4) is 0 Å². The molecular weight excluding hydrogens is 183 g/mol. The second-order valence-electron chi connectivity index (χ2n) is 2.41. The van der Waals surface area contributed by atoms with Crippen molar-refractivity contribution in [1.29, 1.82) is 0 Å². The molecule has 0 aliphatic rings. The Labute approximate surface area is 101 Å². The normalized spacial score (nSPS) is 8.38. The van der Waals surface area contributed by atoms with Crippen molar-refractivity contribution < 1.29 is 50.4 Å². The van der Waals surface area contributed by atoms with E-state index in [0.717, 1.165) is 0 Å². The van der Waals surface area contributed by atoms with E-state index in [0.29, 0.717) is 12.0 Å². The van der Waals surface area contributed by atoms with Gasteiger partial charge < -0.3 is 11.3 Å². The van der Waals surface area contributed by atoms with Gasteiger partial charge in [-0.2, -0.15) is 0 Å². The minimum atomic E-state index is -0.888. The number of carbonyl (C=O) groups is 2. The van der Waals surface area contributed by atoms with Gasteiger partial charge >= 0.3 is 41.5 Å². The van der Waals surface area contributed by atoms with Crippen molar-refractivity contribution in [2.45, 2.75) is 19.8 Å². The molecule has 0 aromatic heterocycles. The van der Waals surface area contributed by atoms with Gasteiger partial charge in [0.2, 0.25) is 0 Å². The number of carboxylic acid groups (broad SMARTS) is 1. The molecule has 0 aromatic carbocycles. The molecule has 0 atom stereocenters. The number of carbonyl (C=O) groups excluding carboxylic acids is 1. The Morgan fingerprint density at radius 1 is 1.54 bits per heavy atom. The molecule has 0 unspecified atom stereocenters. The molecule has 0 spiro atoms. The number of aliphatic carboxylic acids is 1. The van der Waals surface area contributed by atoms with Crippen LogP contribution >= 0.6 is 0 Å². The Balaban J connectivity index is -0.000000605. The van der Waals surface area contributed by atoms with E-state index in [2.05, 4.69) is 11.3 Å². The SMILES string of the molecule is C=C(C)C(=O)OCCCC(=O)O.[H-].[Na+]. The number of carboxylic acids is 1. The van der Waals surface area contributed by atoms with Crippen LogP contribution in [0.1, 0.15) is 21.2 Å². The van der Waals surface area contributed by atoms with Gasteiger partial charge in [-0.1, -0.05) is 6.58 Å². The first-order valence-corrected chi connectivity index (χ1v) is 3.58. The van der Waals surface area contributed by atoms with Crippen molar-refractivity contribution in [2.24, 2.45) is 0 Å². The van der Waals surface area contributed by atoms with Crippen LogP contribution in [0.5, 0.6) is 0 Å². The van der Waals surface area contributed by atoms with E-state index < -0.39 is 11.9 Å². The third kappa shape index (κ3) is 9.60. The van der Waals surface area contributed by atoms with E-state index in [4.69, 9.17) is 5.11 Å². The average molecular weight is 196 g/mol. The molecule has 4 nitrogen and oxygen atoms in total. The first-order chi connectivity index (χ1) is 5.54. The van der Waals surface area contributed by atoms with Gasteiger partial charge in [-0.25, -0.2) is 4.79 Å². The molecule has 0 rings (SSSR count). The van der Waals surface area contributed by atoms with Crippen LogP contribution in [0.15, 0.2) is 12.2 Å². The van der Waals surface area contributed by atoms with E-state index in [1.54, 1.807) is 6.92 Å². The third-order valence-corrected chi connectivity index (χ3v) is 1.12. The first-order valence-electron chi connectivity index (χ1n) is 3.58. The van der Waals surface area contributed by atoms with E-state index in [1.165, 1.54) is 0 Å². The van der Waals surface area contributed by atoms with Gasteiger partial charge in [-0.15, -0.1) is 0 Å². The van der Waals surface area contributed by atoms with Gasteiger partial charge in [0.05, 0.1) is 6.61 Å². The molecule has 70 valence electrons. The number of hydrogen-bond donors (Lipinski definition) is 1. The number of rotatable bonds is 5. The van der Waals surface area contributed by atoms with Crippen LogP contribution in [0.2, 0.25) is 0 Å². The molecule has 0 saturated carbocycles. The molecule has 0 saturated heterocycles. The van der Waals surface area contributed by atoms with Crippen LogP contribution in [0.4, 0.5) is 0 Å². The Morgan fingerprint density at radius 3 is 2.46 bits per heavy atom. The summed E-state index contributed by atoms with van der Waals surface area (Å²) in [6.45, 7) is 5.06. The van der Waals surface area contributed by atoms with Crippen LogP contribution in [-0.4, -0.2) is 23.7 Å². The second kappa shape index (κ2) is 8.29. The zero-order valence-electron chi connectivity index (χ0n) is 9.00. The minimum absolute atomic E-state index is 0. The summed E-state index contributed by atoms with van der Waals surface area (Å²) in [4.78, 5) is 20.7. The van der Waals surface area contributed by atoms with Crippen molar-refractivity contribution in [3.05, 3.63) is 12.2 Å². The summed E-state index contributed by atoms with van der Waals surface area (Å²) in [5.74, 6) is -1.36. The predicted octanol–water partition coefficient (Wildman–Crippen LogP) is -1.91. The summed E-state index contributed by atoms with van der Waals surface area (Å²) in [7, 11) is 0. The van der Waals surface area contributed by atoms with Crippen molar-refractivity contribution >= 4 is 11.9 Å². The molecule has 0 heterocycles. The molecule has 0 amide bonds. The predicted molar refractivity (Wildman–Crippen MR) is 43.8 cm³/mol. The quantitative estimate of drug-likeness (QED) is 0.241. The summed E-state index contributed by atoms with van der Waals surface area (Å²) in [5.41, 5.74) is 0.324. The van der Waals surface area contributed by atoms with Crippen LogP contribution < -0.4 is 29.6 Å². The first kappa shape index (κ1) is 15.2. The smallest absolute Gasteiger partial charge is 1.00 e. The van der Waals surface area contributed by atoms with Crippen molar-refractivity contribution in [3.63, 3.8) is 0 Å². The van der Waals surface area contributed by atoms with E-state index in [1.807, 2.05) is 0 Å². The minimum Gasteiger partial charge on any atom is -1.00 e. The largest absolute Gasteiger partial charge is 1.00 e. The van der Waals surface area contributed by atoms with Gasteiger partial charge in [0.25, 0.3) is 0 Å². The maximum atomic E-state index is 10.7. The maximum Gasteiger partial charge on any atom is 1.00 e. The Bertz CT molecular complexity index is 206. The fourth-order valence-electron chi connectivity index (χ4n) is 0.511. The van der Waals surface area contributed by atoms with E-state index in [9.17, 15) is 9.59 Å². The average Bonchev–Trinajstić information content (AvgIpc) is 1.97. The maximum absolute atomic E-state index is 10.7. The second-order valence-corrected chi connectivity index (χ2v) is 2.41. The van der Waals surface area contributed by atoms with Crippen molar-refractivity contribution in [3.8, 4) is 0 Å². The Hall–Kier alpha value is -0.320. The summed E-state index contributed by atoms with van der Waals surface area (Å²) in [6.07, 6.45) is 0.359. The fourth-order valence-corrected chi connectivity index (χ4v) is 0.511. The number of ether oxygens (including phenoxy) is 1. The summed E-state index contributed by atoms with van der Waals surface area (Å²) < 4.78 is 4.65. The molecule has 0 aliphatic carbocycles.